The van der Waals surface area contributed by atoms with Crippen LogP contribution in [0.1, 0.15) is 23.7 Å². The molecule has 0 bridgehead atoms. The first-order valence-electron chi connectivity index (χ1n) is 5.53. The molecule has 0 radical (unpaired) electrons. The maximum Gasteiger partial charge on any atom is 0.340 e. The molecule has 1 aliphatic rings. The lowest BCUT2D eigenvalue weighted by atomic mass is 10.2. The maximum atomic E-state index is 11.8. The van der Waals surface area contributed by atoms with Crippen molar-refractivity contribution in [2.45, 2.75) is 25.1 Å². The van der Waals surface area contributed by atoms with Gasteiger partial charge in [0.1, 0.15) is 5.44 Å². The van der Waals surface area contributed by atoms with Gasteiger partial charge in [0.05, 0.1) is 21.4 Å². The summed E-state index contributed by atoms with van der Waals surface area (Å²) < 4.78 is 10.8. The van der Waals surface area contributed by atoms with Crippen LogP contribution in [0.3, 0.4) is 0 Å². The Morgan fingerprint density at radius 1 is 1.50 bits per heavy atom. The first kappa shape index (κ1) is 14.0. The number of benzene rings is 1. The van der Waals surface area contributed by atoms with Crippen molar-refractivity contribution in [2.75, 3.05) is 5.75 Å². The van der Waals surface area contributed by atoms with Gasteiger partial charge in [0, 0.05) is 0 Å². The van der Waals surface area contributed by atoms with Gasteiger partial charge in [0.2, 0.25) is 6.29 Å². The standard InChI is InChI=1S/C12H12Cl2O3S/c1-2-11-16-10(6-18-11)17-12(15)7-3-4-8(13)9(14)5-7/h3-5,10-11H,2,6H2,1H3. The summed E-state index contributed by atoms with van der Waals surface area (Å²) in [6.45, 7) is 2.03. The highest BCUT2D eigenvalue weighted by molar-refractivity contribution is 8.00. The van der Waals surface area contributed by atoms with Gasteiger partial charge in [-0.1, -0.05) is 30.1 Å². The minimum absolute atomic E-state index is 0.108. The largest absolute Gasteiger partial charge is 0.431 e. The van der Waals surface area contributed by atoms with Gasteiger partial charge >= 0.3 is 5.97 Å². The number of rotatable bonds is 3. The van der Waals surface area contributed by atoms with Crippen LogP contribution in [-0.2, 0) is 9.47 Å². The van der Waals surface area contributed by atoms with E-state index in [2.05, 4.69) is 0 Å². The minimum atomic E-state index is -0.484. The van der Waals surface area contributed by atoms with Crippen LogP contribution >= 0.6 is 35.0 Å². The summed E-state index contributed by atoms with van der Waals surface area (Å²) in [5, 5.41) is 0.742. The molecule has 1 fully saturated rings. The van der Waals surface area contributed by atoms with Crippen LogP contribution in [0.5, 0.6) is 0 Å². The Hall–Kier alpha value is -0.420. The monoisotopic (exact) mass is 306 g/mol. The highest BCUT2D eigenvalue weighted by Crippen LogP contribution is 2.29. The lowest BCUT2D eigenvalue weighted by Gasteiger charge is -2.12. The molecule has 0 aliphatic carbocycles. The van der Waals surface area contributed by atoms with Crippen molar-refractivity contribution >= 4 is 40.9 Å². The quantitative estimate of drug-likeness (QED) is 0.791. The molecule has 6 heteroatoms. The second-order valence-electron chi connectivity index (χ2n) is 3.77. The summed E-state index contributed by atoms with van der Waals surface area (Å²) in [4.78, 5) is 11.8. The topological polar surface area (TPSA) is 35.5 Å². The molecule has 1 aliphatic heterocycles. The Labute approximate surface area is 120 Å². The van der Waals surface area contributed by atoms with Crippen LogP contribution in [0, 0.1) is 0 Å². The maximum absolute atomic E-state index is 11.8. The Balaban J connectivity index is 1.97. The molecule has 0 N–H and O–H groups in total. The Morgan fingerprint density at radius 2 is 2.28 bits per heavy atom. The third-order valence-electron chi connectivity index (χ3n) is 2.45. The average molecular weight is 307 g/mol. The molecule has 1 heterocycles. The van der Waals surface area contributed by atoms with Crippen LogP contribution in [0.4, 0.5) is 0 Å². The SMILES string of the molecule is CCC1OC(OC(=O)c2ccc(Cl)c(Cl)c2)CS1. The zero-order valence-corrected chi connectivity index (χ0v) is 12.0. The summed E-state index contributed by atoms with van der Waals surface area (Å²) in [7, 11) is 0. The highest BCUT2D eigenvalue weighted by atomic mass is 35.5. The summed E-state index contributed by atoms with van der Waals surface area (Å²) in [5.41, 5.74) is 0.481. The van der Waals surface area contributed by atoms with E-state index in [1.807, 2.05) is 6.92 Å². The number of hydrogen-bond acceptors (Lipinski definition) is 4. The van der Waals surface area contributed by atoms with Crippen LogP contribution in [0.15, 0.2) is 18.2 Å². The molecular weight excluding hydrogens is 295 g/mol. The lowest BCUT2D eigenvalue weighted by molar-refractivity contribution is -0.0938. The van der Waals surface area contributed by atoms with Gasteiger partial charge in [0.25, 0.3) is 0 Å². The molecule has 0 amide bonds. The third kappa shape index (κ3) is 3.32. The highest BCUT2D eigenvalue weighted by Gasteiger charge is 2.27. The van der Waals surface area contributed by atoms with Crippen molar-refractivity contribution in [2.24, 2.45) is 0 Å². The van der Waals surface area contributed by atoms with E-state index in [1.54, 1.807) is 23.9 Å². The number of ether oxygens (including phenoxy) is 2. The summed E-state index contributed by atoms with van der Waals surface area (Å²) in [6.07, 6.45) is 0.410. The summed E-state index contributed by atoms with van der Waals surface area (Å²) in [6, 6.07) is 4.64. The molecule has 0 saturated carbocycles. The second-order valence-corrected chi connectivity index (χ2v) is 5.78. The number of halogens is 2. The van der Waals surface area contributed by atoms with Crippen molar-refractivity contribution in [3.8, 4) is 0 Å². The number of carbonyl (C=O) groups is 1. The fraction of sp³-hybridized carbons (Fsp3) is 0.417. The molecule has 2 rings (SSSR count). The van der Waals surface area contributed by atoms with Crippen molar-refractivity contribution in [3.63, 3.8) is 0 Å². The van der Waals surface area contributed by atoms with Gasteiger partial charge in [-0.3, -0.25) is 0 Å². The van der Waals surface area contributed by atoms with Crippen LogP contribution < -0.4 is 0 Å². The smallest absolute Gasteiger partial charge is 0.340 e. The van der Waals surface area contributed by atoms with E-state index in [0.29, 0.717) is 21.4 Å². The number of carbonyl (C=O) groups excluding carboxylic acids is 1. The minimum Gasteiger partial charge on any atom is -0.431 e. The van der Waals surface area contributed by atoms with Gasteiger partial charge in [-0.25, -0.2) is 4.79 Å². The predicted octanol–water partition coefficient (Wildman–Crippen LogP) is 3.98. The van der Waals surface area contributed by atoms with Gasteiger partial charge in [-0.15, -0.1) is 11.8 Å². The normalized spacial score (nSPS) is 23.1. The Morgan fingerprint density at radius 3 is 2.89 bits per heavy atom. The van der Waals surface area contributed by atoms with Gasteiger partial charge < -0.3 is 9.47 Å². The van der Waals surface area contributed by atoms with E-state index >= 15 is 0 Å². The molecule has 98 valence electrons. The first-order valence-corrected chi connectivity index (χ1v) is 7.33. The fourth-order valence-corrected chi connectivity index (χ4v) is 2.77. The first-order chi connectivity index (χ1) is 8.60. The molecule has 2 atom stereocenters. The van der Waals surface area contributed by atoms with Crippen LogP contribution in [-0.4, -0.2) is 23.4 Å². The van der Waals surface area contributed by atoms with E-state index in [1.165, 1.54) is 6.07 Å². The number of hydrogen-bond donors (Lipinski definition) is 0. The molecule has 18 heavy (non-hydrogen) atoms. The second kappa shape index (κ2) is 6.15. The van der Waals surface area contributed by atoms with E-state index < -0.39 is 12.3 Å². The van der Waals surface area contributed by atoms with Crippen molar-refractivity contribution in [1.29, 1.82) is 0 Å². The fourth-order valence-electron chi connectivity index (χ4n) is 1.52. The zero-order chi connectivity index (χ0) is 13.1. The molecule has 1 aromatic carbocycles. The third-order valence-corrected chi connectivity index (χ3v) is 4.47. The number of esters is 1. The van der Waals surface area contributed by atoms with Crippen LogP contribution in [0.25, 0.3) is 0 Å². The lowest BCUT2D eigenvalue weighted by Crippen LogP contribution is -2.20. The predicted molar refractivity (Wildman–Crippen MR) is 73.3 cm³/mol. The molecule has 0 spiro atoms. The summed E-state index contributed by atoms with van der Waals surface area (Å²) >= 11 is 13.3. The van der Waals surface area contributed by atoms with Crippen LogP contribution in [0.2, 0.25) is 10.0 Å². The molecule has 3 nitrogen and oxygen atoms in total. The number of thioether (sulfide) groups is 1. The Kier molecular flexibility index (Phi) is 4.78. The van der Waals surface area contributed by atoms with Crippen molar-refractivity contribution < 1.29 is 14.3 Å². The zero-order valence-electron chi connectivity index (χ0n) is 9.69. The van der Waals surface area contributed by atoms with Crippen molar-refractivity contribution in [1.82, 2.24) is 0 Å². The van der Waals surface area contributed by atoms with E-state index in [0.717, 1.165) is 6.42 Å². The Bertz CT molecular complexity index is 453. The van der Waals surface area contributed by atoms with Gasteiger partial charge in [0.15, 0.2) is 0 Å². The molecule has 2 unspecified atom stereocenters. The van der Waals surface area contributed by atoms with Gasteiger partial charge in [-0.05, 0) is 24.6 Å². The molecule has 1 saturated heterocycles. The molecule has 0 aromatic heterocycles. The van der Waals surface area contributed by atoms with E-state index in [4.69, 9.17) is 32.7 Å². The van der Waals surface area contributed by atoms with Gasteiger partial charge in [-0.2, -0.15) is 0 Å². The molecule has 1 aromatic rings. The van der Waals surface area contributed by atoms with E-state index in [9.17, 15) is 4.79 Å². The van der Waals surface area contributed by atoms with E-state index in [-0.39, 0.29) is 5.44 Å². The molecular formula is C12H12Cl2O3S. The average Bonchev–Trinajstić information content (AvgIpc) is 2.80. The summed E-state index contributed by atoms with van der Waals surface area (Å²) in [5.74, 6) is 0.210. The van der Waals surface area contributed by atoms with Crippen molar-refractivity contribution in [3.05, 3.63) is 33.8 Å².